The molecule has 1 rings (SSSR count). The van der Waals surface area contributed by atoms with Gasteiger partial charge in [0, 0.05) is 0 Å². The molecule has 0 spiro atoms. The Labute approximate surface area is 104 Å². The number of halogens is 1. The molecule has 0 aliphatic carbocycles. The predicted octanol–water partition coefficient (Wildman–Crippen LogP) is 4.76. The van der Waals surface area contributed by atoms with Crippen LogP contribution < -0.4 is 4.74 Å². The maximum atomic E-state index is 13.8. The highest BCUT2D eigenvalue weighted by Crippen LogP contribution is 2.17. The van der Waals surface area contributed by atoms with Crippen LogP contribution in [0.3, 0.4) is 0 Å². The van der Waals surface area contributed by atoms with Crippen molar-refractivity contribution in [1.29, 1.82) is 0 Å². The minimum Gasteiger partial charge on any atom is -0.488 e. The Bertz CT molecular complexity index is 286. The first kappa shape index (κ1) is 14.0. The summed E-state index contributed by atoms with van der Waals surface area (Å²) in [5, 5.41) is 0. The van der Waals surface area contributed by atoms with Gasteiger partial charge in [-0.1, -0.05) is 50.8 Å². The SMILES string of the molecule is CCCCCCC(F)C(C)Oc1ccccc1. The summed E-state index contributed by atoms with van der Waals surface area (Å²) in [7, 11) is 0. The van der Waals surface area contributed by atoms with Crippen LogP contribution in [-0.2, 0) is 0 Å². The van der Waals surface area contributed by atoms with E-state index in [2.05, 4.69) is 6.92 Å². The molecule has 1 aromatic carbocycles. The summed E-state index contributed by atoms with van der Waals surface area (Å²) in [5.74, 6) is 0.746. The second kappa shape index (κ2) is 8.10. The van der Waals surface area contributed by atoms with E-state index in [0.717, 1.165) is 18.6 Å². The molecule has 2 unspecified atom stereocenters. The Morgan fingerprint density at radius 1 is 1.12 bits per heavy atom. The van der Waals surface area contributed by atoms with Gasteiger partial charge in [-0.15, -0.1) is 0 Å². The third-order valence-electron chi connectivity index (χ3n) is 2.91. The van der Waals surface area contributed by atoms with Crippen molar-refractivity contribution in [3.05, 3.63) is 30.3 Å². The van der Waals surface area contributed by atoms with E-state index in [0.29, 0.717) is 6.42 Å². The summed E-state index contributed by atoms with van der Waals surface area (Å²) in [6.07, 6.45) is 3.83. The molecule has 0 bridgehead atoms. The van der Waals surface area contributed by atoms with Crippen LogP contribution in [0.5, 0.6) is 5.75 Å². The normalized spacial score (nSPS) is 14.3. The van der Waals surface area contributed by atoms with Crippen LogP contribution in [0.1, 0.15) is 46.0 Å². The molecule has 0 aliphatic rings. The molecule has 0 fully saturated rings. The minimum absolute atomic E-state index is 0.362. The van der Waals surface area contributed by atoms with Gasteiger partial charge >= 0.3 is 0 Å². The van der Waals surface area contributed by atoms with E-state index in [-0.39, 0.29) is 6.10 Å². The first-order valence-electron chi connectivity index (χ1n) is 6.59. The molecule has 1 aromatic rings. The number of rotatable bonds is 8. The maximum absolute atomic E-state index is 13.8. The smallest absolute Gasteiger partial charge is 0.136 e. The van der Waals surface area contributed by atoms with Crippen LogP contribution in [0.25, 0.3) is 0 Å². The van der Waals surface area contributed by atoms with Crippen molar-refractivity contribution < 1.29 is 9.13 Å². The highest BCUT2D eigenvalue weighted by atomic mass is 19.1. The average molecular weight is 238 g/mol. The molecule has 96 valence electrons. The summed E-state index contributed by atoms with van der Waals surface area (Å²) in [5.41, 5.74) is 0. The molecule has 0 N–H and O–H groups in total. The minimum atomic E-state index is -0.868. The third kappa shape index (κ3) is 5.71. The zero-order chi connectivity index (χ0) is 12.5. The Hall–Kier alpha value is -1.05. The lowest BCUT2D eigenvalue weighted by Crippen LogP contribution is -2.25. The van der Waals surface area contributed by atoms with Gasteiger partial charge in [0.2, 0.25) is 0 Å². The lowest BCUT2D eigenvalue weighted by molar-refractivity contribution is 0.106. The predicted molar refractivity (Wildman–Crippen MR) is 70.2 cm³/mol. The summed E-state index contributed by atoms with van der Waals surface area (Å²) < 4.78 is 19.3. The Balaban J connectivity index is 2.24. The number of alkyl halides is 1. The van der Waals surface area contributed by atoms with Crippen molar-refractivity contribution in [3.63, 3.8) is 0 Å². The van der Waals surface area contributed by atoms with Crippen LogP contribution in [0.15, 0.2) is 30.3 Å². The molecule has 0 aromatic heterocycles. The van der Waals surface area contributed by atoms with E-state index in [4.69, 9.17) is 4.74 Å². The molecular formula is C15H23FO. The van der Waals surface area contributed by atoms with Crippen molar-refractivity contribution in [1.82, 2.24) is 0 Å². The van der Waals surface area contributed by atoms with E-state index in [1.165, 1.54) is 12.8 Å². The first-order chi connectivity index (χ1) is 8.24. The Morgan fingerprint density at radius 3 is 2.47 bits per heavy atom. The molecule has 0 heterocycles. The van der Waals surface area contributed by atoms with Gasteiger partial charge in [-0.2, -0.15) is 0 Å². The summed E-state index contributed by atoms with van der Waals surface area (Å²) in [6.45, 7) is 3.96. The molecule has 0 saturated heterocycles. The molecule has 0 saturated carbocycles. The van der Waals surface area contributed by atoms with Gasteiger partial charge in [-0.25, -0.2) is 4.39 Å². The fourth-order valence-corrected chi connectivity index (χ4v) is 1.79. The van der Waals surface area contributed by atoms with Gasteiger partial charge in [-0.3, -0.25) is 0 Å². The van der Waals surface area contributed by atoms with Crippen LogP contribution in [-0.4, -0.2) is 12.3 Å². The molecule has 0 aliphatic heterocycles. The van der Waals surface area contributed by atoms with Crippen molar-refractivity contribution in [2.24, 2.45) is 0 Å². The van der Waals surface area contributed by atoms with Crippen molar-refractivity contribution in [2.45, 2.75) is 58.2 Å². The van der Waals surface area contributed by atoms with Gasteiger partial charge < -0.3 is 4.74 Å². The van der Waals surface area contributed by atoms with Gasteiger partial charge in [-0.05, 0) is 25.5 Å². The molecule has 0 radical (unpaired) electrons. The van der Waals surface area contributed by atoms with E-state index in [1.54, 1.807) is 6.92 Å². The summed E-state index contributed by atoms with van der Waals surface area (Å²) in [6, 6.07) is 9.45. The second-order valence-corrected chi connectivity index (χ2v) is 4.50. The first-order valence-corrected chi connectivity index (χ1v) is 6.59. The van der Waals surface area contributed by atoms with Crippen LogP contribution in [0.4, 0.5) is 4.39 Å². The van der Waals surface area contributed by atoms with E-state index in [9.17, 15) is 4.39 Å². The number of benzene rings is 1. The molecule has 17 heavy (non-hydrogen) atoms. The van der Waals surface area contributed by atoms with Crippen LogP contribution >= 0.6 is 0 Å². The van der Waals surface area contributed by atoms with Gasteiger partial charge in [0.1, 0.15) is 18.0 Å². The molecule has 0 amide bonds. The molecule has 2 atom stereocenters. The topological polar surface area (TPSA) is 9.23 Å². The number of hydrogen-bond donors (Lipinski definition) is 0. The van der Waals surface area contributed by atoms with Crippen molar-refractivity contribution in [2.75, 3.05) is 0 Å². The Kier molecular flexibility index (Phi) is 6.68. The standard InChI is InChI=1S/C15H23FO/c1-3-4-5-9-12-15(16)13(2)17-14-10-7-6-8-11-14/h6-8,10-11,13,15H,3-5,9,12H2,1-2H3. The lowest BCUT2D eigenvalue weighted by Gasteiger charge is -2.18. The van der Waals surface area contributed by atoms with E-state index < -0.39 is 6.17 Å². The number of unbranched alkanes of at least 4 members (excludes halogenated alkanes) is 3. The second-order valence-electron chi connectivity index (χ2n) is 4.50. The zero-order valence-corrected chi connectivity index (χ0v) is 10.9. The maximum Gasteiger partial charge on any atom is 0.136 e. The fourth-order valence-electron chi connectivity index (χ4n) is 1.79. The quantitative estimate of drug-likeness (QED) is 0.593. The van der Waals surface area contributed by atoms with Gasteiger partial charge in [0.05, 0.1) is 0 Å². The van der Waals surface area contributed by atoms with Crippen molar-refractivity contribution >= 4 is 0 Å². The number of hydrogen-bond acceptors (Lipinski definition) is 1. The molecule has 2 heteroatoms. The lowest BCUT2D eigenvalue weighted by atomic mass is 10.1. The van der Waals surface area contributed by atoms with Gasteiger partial charge in [0.15, 0.2) is 0 Å². The van der Waals surface area contributed by atoms with Crippen LogP contribution in [0.2, 0.25) is 0 Å². The number of ether oxygens (including phenoxy) is 1. The summed E-state index contributed by atoms with van der Waals surface area (Å²) >= 11 is 0. The highest BCUT2D eigenvalue weighted by molar-refractivity contribution is 5.21. The highest BCUT2D eigenvalue weighted by Gasteiger charge is 2.17. The molecule has 1 nitrogen and oxygen atoms in total. The largest absolute Gasteiger partial charge is 0.488 e. The van der Waals surface area contributed by atoms with Crippen molar-refractivity contribution in [3.8, 4) is 5.75 Å². The monoisotopic (exact) mass is 238 g/mol. The number of para-hydroxylation sites is 1. The van der Waals surface area contributed by atoms with Gasteiger partial charge in [0.25, 0.3) is 0 Å². The van der Waals surface area contributed by atoms with E-state index in [1.807, 2.05) is 30.3 Å². The third-order valence-corrected chi connectivity index (χ3v) is 2.91. The molecular weight excluding hydrogens is 215 g/mol. The average Bonchev–Trinajstić information content (AvgIpc) is 2.35. The van der Waals surface area contributed by atoms with Crippen LogP contribution in [0, 0.1) is 0 Å². The summed E-state index contributed by atoms with van der Waals surface area (Å²) in [4.78, 5) is 0. The fraction of sp³-hybridized carbons (Fsp3) is 0.600. The van der Waals surface area contributed by atoms with E-state index >= 15 is 0 Å². The zero-order valence-electron chi connectivity index (χ0n) is 10.9. The Morgan fingerprint density at radius 2 is 1.82 bits per heavy atom.